The summed E-state index contributed by atoms with van der Waals surface area (Å²) < 4.78 is 1.39. The van der Waals surface area contributed by atoms with Crippen molar-refractivity contribution in [3.63, 3.8) is 0 Å². The van der Waals surface area contributed by atoms with Gasteiger partial charge >= 0.3 is 5.97 Å². The Morgan fingerprint density at radius 1 is 1.69 bits per heavy atom. The average Bonchev–Trinajstić information content (AvgIpc) is 2.87. The van der Waals surface area contributed by atoms with E-state index < -0.39 is 5.97 Å². The minimum absolute atomic E-state index is 0.113. The molecule has 7 heteroatoms. The van der Waals surface area contributed by atoms with Gasteiger partial charge in [0.15, 0.2) is 5.69 Å². The zero-order chi connectivity index (χ0) is 11.3. The highest BCUT2D eigenvalue weighted by Gasteiger charge is 2.29. The van der Waals surface area contributed by atoms with Crippen molar-refractivity contribution in [1.82, 2.24) is 14.6 Å². The van der Waals surface area contributed by atoms with E-state index in [0.717, 1.165) is 5.13 Å². The van der Waals surface area contributed by atoms with Gasteiger partial charge in [-0.15, -0.1) is 5.10 Å². The van der Waals surface area contributed by atoms with E-state index in [1.54, 1.807) is 0 Å². The van der Waals surface area contributed by atoms with Gasteiger partial charge in [-0.05, 0) is 12.8 Å². The highest BCUT2D eigenvalue weighted by Crippen LogP contribution is 2.32. The van der Waals surface area contributed by atoms with Gasteiger partial charge < -0.3 is 10.0 Å². The average molecular weight is 238 g/mol. The standard InChI is InChI=1S/C9H10N4O2S/c1-12(5-2-3-5)9-11-13-6(7(14)15)4-10-8(13)16-9/h4-5H,2-3H2,1H3,(H,14,15). The molecular formula is C9H10N4O2S. The molecule has 0 unspecified atom stereocenters. The molecule has 16 heavy (non-hydrogen) atoms. The number of carboxylic acids is 1. The summed E-state index contributed by atoms with van der Waals surface area (Å²) in [4.78, 5) is 17.6. The Balaban J connectivity index is 2.05. The highest BCUT2D eigenvalue weighted by molar-refractivity contribution is 7.20. The minimum atomic E-state index is -1.00. The largest absolute Gasteiger partial charge is 0.476 e. The van der Waals surface area contributed by atoms with Gasteiger partial charge in [0.2, 0.25) is 10.1 Å². The molecule has 0 aliphatic heterocycles. The number of nitrogens with zero attached hydrogens (tertiary/aromatic N) is 4. The Bertz CT molecular complexity index is 557. The predicted molar refractivity (Wildman–Crippen MR) is 59.2 cm³/mol. The Kier molecular flexibility index (Phi) is 1.90. The highest BCUT2D eigenvalue weighted by atomic mass is 32.1. The molecule has 2 aromatic heterocycles. The Labute approximate surface area is 95.1 Å². The molecule has 1 aliphatic rings. The lowest BCUT2D eigenvalue weighted by Gasteiger charge is -2.12. The number of carboxylic acid groups (broad SMARTS) is 1. The third kappa shape index (κ3) is 1.35. The molecule has 0 saturated heterocycles. The summed E-state index contributed by atoms with van der Waals surface area (Å²) >= 11 is 1.42. The maximum Gasteiger partial charge on any atom is 0.356 e. The van der Waals surface area contributed by atoms with Crippen LogP contribution in [0.1, 0.15) is 23.3 Å². The van der Waals surface area contributed by atoms with Gasteiger partial charge in [-0.2, -0.15) is 4.52 Å². The first kappa shape index (κ1) is 9.59. The fourth-order valence-electron chi connectivity index (χ4n) is 1.59. The van der Waals surface area contributed by atoms with E-state index in [0.29, 0.717) is 11.0 Å². The van der Waals surface area contributed by atoms with Gasteiger partial charge in [0.05, 0.1) is 6.20 Å². The summed E-state index contributed by atoms with van der Waals surface area (Å²) in [5, 5.41) is 14.0. The van der Waals surface area contributed by atoms with E-state index in [9.17, 15) is 4.79 Å². The van der Waals surface area contributed by atoms with Crippen molar-refractivity contribution in [3.05, 3.63) is 11.9 Å². The molecule has 0 amide bonds. The summed E-state index contributed by atoms with van der Waals surface area (Å²) in [7, 11) is 1.98. The van der Waals surface area contributed by atoms with Crippen LogP contribution in [0.3, 0.4) is 0 Å². The zero-order valence-corrected chi connectivity index (χ0v) is 9.44. The number of imidazole rings is 1. The molecule has 0 spiro atoms. The van der Waals surface area contributed by atoms with Crippen LogP contribution in [0.4, 0.5) is 5.13 Å². The lowest BCUT2D eigenvalue weighted by molar-refractivity contribution is 0.0688. The lowest BCUT2D eigenvalue weighted by atomic mass is 10.5. The second-order valence-corrected chi connectivity index (χ2v) is 4.80. The first-order valence-corrected chi connectivity index (χ1v) is 5.79. The van der Waals surface area contributed by atoms with Gasteiger partial charge in [-0.1, -0.05) is 11.3 Å². The van der Waals surface area contributed by atoms with E-state index in [1.807, 2.05) is 7.05 Å². The van der Waals surface area contributed by atoms with Crippen molar-refractivity contribution in [2.75, 3.05) is 11.9 Å². The summed E-state index contributed by atoms with van der Waals surface area (Å²) in [5.74, 6) is -1.00. The molecule has 84 valence electrons. The van der Waals surface area contributed by atoms with Crippen LogP contribution in [0.25, 0.3) is 4.96 Å². The van der Waals surface area contributed by atoms with Crippen LogP contribution in [0.5, 0.6) is 0 Å². The molecule has 2 heterocycles. The number of aromatic carboxylic acids is 1. The van der Waals surface area contributed by atoms with Gasteiger partial charge in [0, 0.05) is 13.1 Å². The van der Waals surface area contributed by atoms with E-state index >= 15 is 0 Å². The quantitative estimate of drug-likeness (QED) is 0.866. The third-order valence-electron chi connectivity index (χ3n) is 2.69. The molecule has 0 atom stereocenters. The number of aromatic nitrogens is 3. The topological polar surface area (TPSA) is 70.7 Å². The molecule has 0 aromatic carbocycles. The fraction of sp³-hybridized carbons (Fsp3) is 0.444. The van der Waals surface area contributed by atoms with E-state index in [1.165, 1.54) is 34.9 Å². The van der Waals surface area contributed by atoms with Crippen LogP contribution >= 0.6 is 11.3 Å². The van der Waals surface area contributed by atoms with Crippen molar-refractivity contribution >= 4 is 27.4 Å². The van der Waals surface area contributed by atoms with E-state index in [-0.39, 0.29) is 5.69 Å². The maximum atomic E-state index is 10.9. The van der Waals surface area contributed by atoms with Crippen molar-refractivity contribution in [3.8, 4) is 0 Å². The minimum Gasteiger partial charge on any atom is -0.476 e. The fourth-order valence-corrected chi connectivity index (χ4v) is 2.50. The number of hydrogen-bond acceptors (Lipinski definition) is 5. The smallest absolute Gasteiger partial charge is 0.356 e. The normalized spacial score (nSPS) is 15.6. The first-order chi connectivity index (χ1) is 7.66. The number of fused-ring (bicyclic) bond motifs is 1. The number of anilines is 1. The van der Waals surface area contributed by atoms with Crippen LogP contribution < -0.4 is 4.90 Å². The van der Waals surface area contributed by atoms with Crippen LogP contribution in [0.15, 0.2) is 6.20 Å². The summed E-state index contributed by atoms with van der Waals surface area (Å²) in [6.45, 7) is 0. The van der Waals surface area contributed by atoms with Crippen molar-refractivity contribution < 1.29 is 9.90 Å². The number of hydrogen-bond donors (Lipinski definition) is 1. The first-order valence-electron chi connectivity index (χ1n) is 4.97. The lowest BCUT2D eigenvalue weighted by Crippen LogP contribution is -2.19. The third-order valence-corrected chi connectivity index (χ3v) is 3.70. The molecule has 1 aliphatic carbocycles. The molecule has 3 rings (SSSR count). The molecule has 0 bridgehead atoms. The van der Waals surface area contributed by atoms with E-state index in [2.05, 4.69) is 15.0 Å². The number of rotatable bonds is 3. The molecule has 2 aromatic rings. The summed E-state index contributed by atoms with van der Waals surface area (Å²) in [5.41, 5.74) is 0.113. The maximum absolute atomic E-state index is 10.9. The van der Waals surface area contributed by atoms with Gasteiger partial charge in [0.25, 0.3) is 0 Å². The zero-order valence-electron chi connectivity index (χ0n) is 8.62. The van der Waals surface area contributed by atoms with Crippen LogP contribution in [-0.4, -0.2) is 38.8 Å². The van der Waals surface area contributed by atoms with Crippen LogP contribution in [0.2, 0.25) is 0 Å². The van der Waals surface area contributed by atoms with Gasteiger partial charge in [-0.25, -0.2) is 9.78 Å². The molecular weight excluding hydrogens is 228 g/mol. The monoisotopic (exact) mass is 238 g/mol. The van der Waals surface area contributed by atoms with Crippen molar-refractivity contribution in [2.45, 2.75) is 18.9 Å². The summed E-state index contributed by atoms with van der Waals surface area (Å²) in [6, 6.07) is 0.559. The summed E-state index contributed by atoms with van der Waals surface area (Å²) in [6.07, 6.45) is 3.70. The van der Waals surface area contributed by atoms with Crippen LogP contribution in [-0.2, 0) is 0 Å². The van der Waals surface area contributed by atoms with Gasteiger partial charge in [0.1, 0.15) is 0 Å². The van der Waals surface area contributed by atoms with Crippen LogP contribution in [0, 0.1) is 0 Å². The Morgan fingerprint density at radius 3 is 3.06 bits per heavy atom. The van der Waals surface area contributed by atoms with Crippen molar-refractivity contribution in [1.29, 1.82) is 0 Å². The molecule has 1 fully saturated rings. The van der Waals surface area contributed by atoms with Crippen molar-refractivity contribution in [2.24, 2.45) is 0 Å². The second kappa shape index (κ2) is 3.18. The Hall–Kier alpha value is -1.63. The molecule has 1 saturated carbocycles. The SMILES string of the molecule is CN(c1nn2c(C(=O)O)cnc2s1)C1CC1. The molecule has 6 nitrogen and oxygen atoms in total. The second-order valence-electron chi connectivity index (χ2n) is 3.87. The molecule has 1 N–H and O–H groups in total. The number of carbonyl (C=O) groups is 1. The Morgan fingerprint density at radius 2 is 2.44 bits per heavy atom. The molecule has 0 radical (unpaired) electrons. The van der Waals surface area contributed by atoms with E-state index in [4.69, 9.17) is 5.11 Å². The predicted octanol–water partition coefficient (Wildman–Crippen LogP) is 1.09. The van der Waals surface area contributed by atoms with Gasteiger partial charge in [-0.3, -0.25) is 0 Å².